The summed E-state index contributed by atoms with van der Waals surface area (Å²) in [5.41, 5.74) is -0.124. The first kappa shape index (κ1) is 7.16. The number of hydrogen-bond acceptors (Lipinski definition) is 2. The lowest BCUT2D eigenvalue weighted by molar-refractivity contribution is 0.565. The lowest BCUT2D eigenvalue weighted by Gasteiger charge is -1.92. The van der Waals surface area contributed by atoms with E-state index in [1.165, 1.54) is 0 Å². The van der Waals surface area contributed by atoms with E-state index >= 15 is 0 Å². The molecule has 5 nitrogen and oxygen atoms in total. The lowest BCUT2D eigenvalue weighted by Crippen LogP contribution is -2.01. The Hall–Kier alpha value is -0.950. The predicted molar refractivity (Wildman–Crippen MR) is 32.9 cm³/mol. The fraction of sp³-hybridized carbons (Fsp3) is 0. The predicted octanol–water partition coefficient (Wildman–Crippen LogP) is 0.0974. The van der Waals surface area contributed by atoms with Crippen molar-refractivity contribution in [3.05, 3.63) is 12.1 Å². The quantitative estimate of drug-likeness (QED) is 0.544. The van der Waals surface area contributed by atoms with Gasteiger partial charge in [-0.05, 0) is 0 Å². The Balaban J connectivity index is 2.74. The maximum atomic E-state index is 12.3. The van der Waals surface area contributed by atoms with Gasteiger partial charge in [-0.25, -0.2) is 4.21 Å². The van der Waals surface area contributed by atoms with Crippen LogP contribution in [0.1, 0.15) is 0 Å². The Bertz CT molecular complexity index is 250. The van der Waals surface area contributed by atoms with E-state index in [1.54, 1.807) is 0 Å². The number of aromatic nitrogens is 2. The van der Waals surface area contributed by atoms with E-state index in [0.29, 0.717) is 0 Å². The van der Waals surface area contributed by atoms with Crippen LogP contribution in [-0.4, -0.2) is 19.0 Å². The van der Waals surface area contributed by atoms with Crippen molar-refractivity contribution in [1.82, 2.24) is 10.2 Å². The molecule has 56 valence electrons. The van der Waals surface area contributed by atoms with Gasteiger partial charge in [0, 0.05) is 0 Å². The molecular weight excluding hydrogens is 161 g/mol. The molecule has 0 saturated carbocycles. The van der Waals surface area contributed by atoms with Crippen LogP contribution < -0.4 is 4.72 Å². The molecule has 0 spiro atoms. The van der Waals surface area contributed by atoms with Crippen LogP contribution in [0.5, 0.6) is 0 Å². The molecule has 0 aromatic carbocycles. The van der Waals surface area contributed by atoms with E-state index in [0.717, 1.165) is 6.20 Å². The molecule has 7 heteroatoms. The van der Waals surface area contributed by atoms with Crippen molar-refractivity contribution in [3.8, 4) is 0 Å². The van der Waals surface area contributed by atoms with Gasteiger partial charge in [0.05, 0.1) is 6.20 Å². The highest BCUT2D eigenvalue weighted by Crippen LogP contribution is 2.08. The number of anilines is 1. The third-order valence-corrected chi connectivity index (χ3v) is 1.18. The summed E-state index contributed by atoms with van der Waals surface area (Å²) in [7, 11) is 0. The van der Waals surface area contributed by atoms with E-state index < -0.39 is 17.2 Å². The maximum absolute atomic E-state index is 12.3. The van der Waals surface area contributed by atoms with E-state index in [2.05, 4.69) is 5.10 Å². The molecule has 0 aliphatic carbocycles. The summed E-state index contributed by atoms with van der Waals surface area (Å²) >= 11 is -2.26. The van der Waals surface area contributed by atoms with Crippen molar-refractivity contribution < 1.29 is 13.2 Å². The van der Waals surface area contributed by atoms with Gasteiger partial charge in [0.25, 0.3) is 11.3 Å². The van der Waals surface area contributed by atoms with Crippen LogP contribution >= 0.6 is 0 Å². The van der Waals surface area contributed by atoms with Gasteiger partial charge in [-0.3, -0.25) is 14.4 Å². The SMILES string of the molecule is O=S(O)Nc1cn[nH]c1F. The van der Waals surface area contributed by atoms with E-state index in [-0.39, 0.29) is 5.69 Å². The molecule has 0 aliphatic heterocycles. The number of nitrogens with zero attached hydrogens (tertiary/aromatic N) is 1. The largest absolute Gasteiger partial charge is 0.289 e. The minimum absolute atomic E-state index is 0.124. The van der Waals surface area contributed by atoms with Crippen molar-refractivity contribution in [3.63, 3.8) is 0 Å². The molecule has 1 heterocycles. The van der Waals surface area contributed by atoms with Crippen LogP contribution in [0.3, 0.4) is 0 Å². The summed E-state index contributed by atoms with van der Waals surface area (Å²) in [6.45, 7) is 0. The number of halogens is 1. The van der Waals surface area contributed by atoms with E-state index in [1.807, 2.05) is 9.82 Å². The Morgan fingerprint density at radius 2 is 2.60 bits per heavy atom. The summed E-state index contributed by atoms with van der Waals surface area (Å²) in [5.74, 6) is -0.762. The monoisotopic (exact) mass is 165 g/mol. The second kappa shape index (κ2) is 2.76. The van der Waals surface area contributed by atoms with Crippen LogP contribution in [0, 0.1) is 5.95 Å². The summed E-state index contributed by atoms with van der Waals surface area (Å²) in [4.78, 5) is 0. The van der Waals surface area contributed by atoms with Crippen molar-refractivity contribution in [2.24, 2.45) is 0 Å². The Morgan fingerprint density at radius 1 is 1.90 bits per heavy atom. The molecule has 3 N–H and O–H groups in total. The molecule has 1 aromatic rings. The normalized spacial score (nSPS) is 13.0. The number of H-pyrrole nitrogens is 1. The van der Waals surface area contributed by atoms with Gasteiger partial charge in [-0.15, -0.1) is 0 Å². The van der Waals surface area contributed by atoms with Gasteiger partial charge in [-0.2, -0.15) is 9.49 Å². The molecule has 1 aromatic heterocycles. The fourth-order valence-corrected chi connectivity index (χ4v) is 0.766. The Labute approximate surface area is 58.1 Å². The third kappa shape index (κ3) is 1.52. The molecule has 0 radical (unpaired) electrons. The van der Waals surface area contributed by atoms with E-state index in [4.69, 9.17) is 4.55 Å². The molecule has 0 amide bonds. The summed E-state index contributed by atoms with van der Waals surface area (Å²) in [6.07, 6.45) is 1.07. The van der Waals surface area contributed by atoms with Gasteiger partial charge < -0.3 is 0 Å². The summed E-state index contributed by atoms with van der Waals surface area (Å²) in [6, 6.07) is 0. The first-order valence-corrected chi connectivity index (χ1v) is 3.37. The van der Waals surface area contributed by atoms with Gasteiger partial charge in [0.1, 0.15) is 5.69 Å². The first-order valence-electron chi connectivity index (χ1n) is 2.26. The molecule has 1 unspecified atom stereocenters. The lowest BCUT2D eigenvalue weighted by atomic mass is 10.6. The second-order valence-corrected chi connectivity index (χ2v) is 2.15. The summed E-state index contributed by atoms with van der Waals surface area (Å²) < 4.78 is 32.4. The second-order valence-electron chi connectivity index (χ2n) is 1.45. The smallest absolute Gasteiger partial charge is 0.259 e. The highest BCUT2D eigenvalue weighted by Gasteiger charge is 2.03. The van der Waals surface area contributed by atoms with Crippen molar-refractivity contribution in [2.45, 2.75) is 0 Å². The van der Waals surface area contributed by atoms with Crippen LogP contribution in [0.4, 0.5) is 10.1 Å². The number of hydrogen-bond donors (Lipinski definition) is 3. The number of nitrogens with one attached hydrogen (secondary N) is 2. The number of aromatic amines is 1. The van der Waals surface area contributed by atoms with Crippen LogP contribution in [-0.2, 0) is 11.3 Å². The van der Waals surface area contributed by atoms with Gasteiger partial charge in [-0.1, -0.05) is 0 Å². The first-order chi connectivity index (χ1) is 4.70. The third-order valence-electron chi connectivity index (χ3n) is 0.790. The standard InChI is InChI=1S/C3H4FN3O2S/c4-3-2(1-5-6-3)7-10(8)9/h1,7H,(H,5,6)(H,8,9). The number of rotatable bonds is 2. The van der Waals surface area contributed by atoms with Gasteiger partial charge in [0.15, 0.2) is 0 Å². The van der Waals surface area contributed by atoms with Gasteiger partial charge >= 0.3 is 0 Å². The van der Waals surface area contributed by atoms with Crippen LogP contribution in [0.25, 0.3) is 0 Å². The van der Waals surface area contributed by atoms with E-state index in [9.17, 15) is 8.60 Å². The van der Waals surface area contributed by atoms with Crippen molar-refractivity contribution in [2.75, 3.05) is 4.72 Å². The van der Waals surface area contributed by atoms with Crippen LogP contribution in [0.15, 0.2) is 6.20 Å². The molecule has 0 bridgehead atoms. The Morgan fingerprint density at radius 3 is 3.00 bits per heavy atom. The highest BCUT2D eigenvalue weighted by molar-refractivity contribution is 7.80. The molecule has 0 saturated heterocycles. The van der Waals surface area contributed by atoms with Crippen molar-refractivity contribution in [1.29, 1.82) is 0 Å². The fourth-order valence-electron chi connectivity index (χ4n) is 0.436. The minimum Gasteiger partial charge on any atom is -0.289 e. The molecule has 10 heavy (non-hydrogen) atoms. The van der Waals surface area contributed by atoms with Crippen LogP contribution in [0.2, 0.25) is 0 Å². The molecule has 0 aliphatic rings. The maximum Gasteiger partial charge on any atom is 0.259 e. The van der Waals surface area contributed by atoms with Gasteiger partial charge in [0.2, 0.25) is 5.95 Å². The zero-order valence-corrected chi connectivity index (χ0v) is 5.48. The zero-order valence-electron chi connectivity index (χ0n) is 4.67. The molecular formula is C3H4FN3O2S. The average Bonchev–Trinajstić information content (AvgIpc) is 2.15. The molecule has 1 atom stereocenters. The summed E-state index contributed by atoms with van der Waals surface area (Å²) in [5, 5.41) is 5.22. The molecule has 0 fully saturated rings. The minimum atomic E-state index is -2.26. The Kier molecular flexibility index (Phi) is 1.97. The highest BCUT2D eigenvalue weighted by atomic mass is 32.2. The van der Waals surface area contributed by atoms with Crippen molar-refractivity contribution >= 4 is 17.0 Å². The molecule has 1 rings (SSSR count). The topological polar surface area (TPSA) is 78.0 Å². The zero-order chi connectivity index (χ0) is 7.56. The average molecular weight is 165 g/mol.